The van der Waals surface area contributed by atoms with Gasteiger partial charge >= 0.3 is 0 Å². The molecule has 3 aromatic carbocycles. The van der Waals surface area contributed by atoms with Crippen LogP contribution in [0, 0.1) is 0 Å². The van der Waals surface area contributed by atoms with Crippen LogP contribution in [-0.4, -0.2) is 10.9 Å². The summed E-state index contributed by atoms with van der Waals surface area (Å²) in [5, 5.41) is 5.42. The van der Waals surface area contributed by atoms with Gasteiger partial charge in [0.05, 0.1) is 5.69 Å². The molecule has 0 radical (unpaired) electrons. The third-order valence-electron chi connectivity index (χ3n) is 4.05. The molecule has 0 atom stereocenters. The first kappa shape index (κ1) is 16.2. The second kappa shape index (κ2) is 7.33. The van der Waals surface area contributed by atoms with Gasteiger partial charge in [-0.05, 0) is 23.3 Å². The van der Waals surface area contributed by atoms with E-state index in [1.165, 1.54) is 11.3 Å². The van der Waals surface area contributed by atoms with Gasteiger partial charge in [0.15, 0.2) is 5.13 Å². The molecule has 3 nitrogen and oxygen atoms in total. The van der Waals surface area contributed by atoms with Crippen LogP contribution >= 0.6 is 11.3 Å². The SMILES string of the molecule is O=C(Nc1nc(-c2ccccc2)cs1)c1ccc(-c2ccccc2)cc1. The molecule has 4 rings (SSSR count). The molecule has 4 heteroatoms. The zero-order chi connectivity index (χ0) is 17.8. The Balaban J connectivity index is 1.48. The van der Waals surface area contributed by atoms with Crippen molar-refractivity contribution in [2.24, 2.45) is 0 Å². The fourth-order valence-electron chi connectivity index (χ4n) is 2.69. The van der Waals surface area contributed by atoms with Gasteiger partial charge in [0.25, 0.3) is 5.91 Å². The average molecular weight is 356 g/mol. The van der Waals surface area contributed by atoms with Crippen LogP contribution in [0.1, 0.15) is 10.4 Å². The minimum atomic E-state index is -0.154. The normalized spacial score (nSPS) is 10.5. The molecular weight excluding hydrogens is 340 g/mol. The van der Waals surface area contributed by atoms with E-state index >= 15 is 0 Å². The molecule has 1 amide bonds. The zero-order valence-electron chi connectivity index (χ0n) is 13.9. The van der Waals surface area contributed by atoms with E-state index < -0.39 is 0 Å². The van der Waals surface area contributed by atoms with Gasteiger partial charge in [0.2, 0.25) is 0 Å². The highest BCUT2D eigenvalue weighted by atomic mass is 32.1. The molecule has 0 saturated carbocycles. The van der Waals surface area contributed by atoms with E-state index in [4.69, 9.17) is 0 Å². The van der Waals surface area contributed by atoms with Crippen LogP contribution in [0.4, 0.5) is 5.13 Å². The Kier molecular flexibility index (Phi) is 4.58. The molecule has 26 heavy (non-hydrogen) atoms. The van der Waals surface area contributed by atoms with Gasteiger partial charge in [-0.15, -0.1) is 11.3 Å². The first-order valence-corrected chi connectivity index (χ1v) is 9.15. The first-order valence-electron chi connectivity index (χ1n) is 8.27. The van der Waals surface area contributed by atoms with Crippen LogP contribution in [0.25, 0.3) is 22.4 Å². The van der Waals surface area contributed by atoms with Gasteiger partial charge in [-0.2, -0.15) is 0 Å². The average Bonchev–Trinajstić information content (AvgIpc) is 3.18. The Labute approximate surface area is 156 Å². The Morgan fingerprint density at radius 3 is 1.96 bits per heavy atom. The van der Waals surface area contributed by atoms with Crippen LogP contribution in [0.2, 0.25) is 0 Å². The molecule has 1 aromatic heterocycles. The Bertz CT molecular complexity index is 1010. The fourth-order valence-corrected chi connectivity index (χ4v) is 3.40. The number of carbonyl (C=O) groups is 1. The molecule has 126 valence electrons. The summed E-state index contributed by atoms with van der Waals surface area (Å²) in [6.45, 7) is 0. The smallest absolute Gasteiger partial charge is 0.257 e. The van der Waals surface area contributed by atoms with Crippen LogP contribution in [0.15, 0.2) is 90.3 Å². The van der Waals surface area contributed by atoms with E-state index in [1.54, 1.807) is 0 Å². The highest BCUT2D eigenvalue weighted by molar-refractivity contribution is 7.14. The lowest BCUT2D eigenvalue weighted by Crippen LogP contribution is -2.11. The molecule has 4 aromatic rings. The number of nitrogens with zero attached hydrogens (tertiary/aromatic N) is 1. The summed E-state index contributed by atoms with van der Waals surface area (Å²) < 4.78 is 0. The van der Waals surface area contributed by atoms with E-state index in [0.29, 0.717) is 10.7 Å². The summed E-state index contributed by atoms with van der Waals surface area (Å²) in [4.78, 5) is 17.0. The molecule has 1 N–H and O–H groups in total. The largest absolute Gasteiger partial charge is 0.298 e. The van der Waals surface area contributed by atoms with Crippen molar-refractivity contribution in [3.05, 3.63) is 95.9 Å². The monoisotopic (exact) mass is 356 g/mol. The Morgan fingerprint density at radius 1 is 0.731 bits per heavy atom. The van der Waals surface area contributed by atoms with Crippen LogP contribution in [0.5, 0.6) is 0 Å². The van der Waals surface area contributed by atoms with E-state index in [1.807, 2.05) is 78.2 Å². The highest BCUT2D eigenvalue weighted by Crippen LogP contribution is 2.25. The summed E-state index contributed by atoms with van der Waals surface area (Å²) in [5.41, 5.74) is 4.73. The van der Waals surface area contributed by atoms with Crippen LogP contribution in [-0.2, 0) is 0 Å². The molecule has 0 aliphatic carbocycles. The van der Waals surface area contributed by atoms with Gasteiger partial charge in [-0.25, -0.2) is 4.98 Å². The lowest BCUT2D eigenvalue weighted by molar-refractivity contribution is 0.102. The Morgan fingerprint density at radius 2 is 1.31 bits per heavy atom. The number of hydrogen-bond acceptors (Lipinski definition) is 3. The summed E-state index contributed by atoms with van der Waals surface area (Å²) in [5.74, 6) is -0.154. The number of anilines is 1. The third-order valence-corrected chi connectivity index (χ3v) is 4.81. The first-order chi connectivity index (χ1) is 12.8. The van der Waals surface area contributed by atoms with E-state index in [-0.39, 0.29) is 5.91 Å². The molecule has 0 bridgehead atoms. The summed E-state index contributed by atoms with van der Waals surface area (Å²) in [7, 11) is 0. The lowest BCUT2D eigenvalue weighted by Gasteiger charge is -2.04. The summed E-state index contributed by atoms with van der Waals surface area (Å²) >= 11 is 1.42. The predicted molar refractivity (Wildman–Crippen MR) is 107 cm³/mol. The second-order valence-electron chi connectivity index (χ2n) is 5.80. The van der Waals surface area contributed by atoms with Crippen LogP contribution < -0.4 is 5.32 Å². The topological polar surface area (TPSA) is 42.0 Å². The number of carbonyl (C=O) groups excluding carboxylic acids is 1. The molecule has 1 heterocycles. The zero-order valence-corrected chi connectivity index (χ0v) is 14.7. The van der Waals surface area contributed by atoms with Gasteiger partial charge in [-0.1, -0.05) is 72.8 Å². The van der Waals surface area contributed by atoms with Crippen molar-refractivity contribution in [2.75, 3.05) is 5.32 Å². The molecule has 0 fully saturated rings. The minimum absolute atomic E-state index is 0.154. The molecule has 0 spiro atoms. The van der Waals surface area contributed by atoms with Crippen molar-refractivity contribution < 1.29 is 4.79 Å². The number of benzene rings is 3. The van der Waals surface area contributed by atoms with Crippen molar-refractivity contribution in [3.63, 3.8) is 0 Å². The quantitative estimate of drug-likeness (QED) is 0.507. The highest BCUT2D eigenvalue weighted by Gasteiger charge is 2.10. The maximum absolute atomic E-state index is 12.5. The molecular formula is C22H16N2OS. The van der Waals surface area contributed by atoms with Gasteiger partial charge < -0.3 is 0 Å². The van der Waals surface area contributed by atoms with Gasteiger partial charge in [0, 0.05) is 16.5 Å². The third kappa shape index (κ3) is 3.55. The van der Waals surface area contributed by atoms with Gasteiger partial charge in [0.1, 0.15) is 0 Å². The lowest BCUT2D eigenvalue weighted by atomic mass is 10.0. The van der Waals surface area contributed by atoms with E-state index in [2.05, 4.69) is 22.4 Å². The Hall–Kier alpha value is -3.24. The minimum Gasteiger partial charge on any atom is -0.298 e. The standard InChI is InChI=1S/C22H16N2OS/c25-21(19-13-11-17(12-14-19)16-7-3-1-4-8-16)24-22-23-20(15-26-22)18-9-5-2-6-10-18/h1-15H,(H,23,24,25). The number of amides is 1. The number of thiazole rings is 1. The van der Waals surface area contributed by atoms with Crippen LogP contribution in [0.3, 0.4) is 0 Å². The maximum atomic E-state index is 12.5. The maximum Gasteiger partial charge on any atom is 0.257 e. The van der Waals surface area contributed by atoms with E-state index in [9.17, 15) is 4.79 Å². The molecule has 0 saturated heterocycles. The summed E-state index contributed by atoms with van der Waals surface area (Å²) in [6, 6.07) is 27.6. The van der Waals surface area contributed by atoms with Crippen molar-refractivity contribution in [3.8, 4) is 22.4 Å². The fraction of sp³-hybridized carbons (Fsp3) is 0. The van der Waals surface area contributed by atoms with Crippen molar-refractivity contribution in [2.45, 2.75) is 0 Å². The van der Waals surface area contributed by atoms with Crippen molar-refractivity contribution >= 4 is 22.4 Å². The number of nitrogens with one attached hydrogen (secondary N) is 1. The molecule has 0 aliphatic rings. The molecule has 0 aliphatic heterocycles. The van der Waals surface area contributed by atoms with Gasteiger partial charge in [-0.3, -0.25) is 10.1 Å². The number of hydrogen-bond donors (Lipinski definition) is 1. The van der Waals surface area contributed by atoms with Crippen molar-refractivity contribution in [1.29, 1.82) is 0 Å². The van der Waals surface area contributed by atoms with E-state index in [0.717, 1.165) is 22.4 Å². The number of aromatic nitrogens is 1. The predicted octanol–water partition coefficient (Wildman–Crippen LogP) is 5.73. The van der Waals surface area contributed by atoms with Crippen molar-refractivity contribution in [1.82, 2.24) is 4.98 Å². The molecule has 0 unspecified atom stereocenters. The summed E-state index contributed by atoms with van der Waals surface area (Å²) in [6.07, 6.45) is 0. The number of rotatable bonds is 4. The second-order valence-corrected chi connectivity index (χ2v) is 6.66.